The van der Waals surface area contributed by atoms with Gasteiger partial charge in [0.1, 0.15) is 6.34 Å². The lowest BCUT2D eigenvalue weighted by Gasteiger charge is -2.03. The van der Waals surface area contributed by atoms with Crippen LogP contribution in [-0.4, -0.2) is 12.3 Å². The summed E-state index contributed by atoms with van der Waals surface area (Å²) in [7, 11) is 0. The van der Waals surface area contributed by atoms with Crippen LogP contribution in [0, 0.1) is 0 Å². The molecule has 7 heteroatoms. The molecule has 5 N–H and O–H groups in total. The lowest BCUT2D eigenvalue weighted by atomic mass is 10.3. The van der Waals surface area contributed by atoms with Crippen molar-refractivity contribution in [3.8, 4) is 0 Å². The van der Waals surface area contributed by atoms with Crippen molar-refractivity contribution < 1.29 is 0 Å². The monoisotopic (exact) mass is 245 g/mol. The number of nitrogens with zero attached hydrogens (tertiary/aromatic N) is 2. The van der Waals surface area contributed by atoms with Gasteiger partial charge in [0.05, 0.1) is 15.7 Å². The molecule has 1 rings (SSSR count). The van der Waals surface area contributed by atoms with Crippen molar-refractivity contribution in [2.24, 2.45) is 21.6 Å². The van der Waals surface area contributed by atoms with Gasteiger partial charge in [0.25, 0.3) is 0 Å². The average molecular weight is 246 g/mol. The summed E-state index contributed by atoms with van der Waals surface area (Å²) in [6, 6.07) is 5.14. The Morgan fingerprint density at radius 1 is 1.33 bits per heavy atom. The van der Waals surface area contributed by atoms with Gasteiger partial charge >= 0.3 is 0 Å². The van der Waals surface area contributed by atoms with Gasteiger partial charge in [-0.3, -0.25) is 5.43 Å². The van der Waals surface area contributed by atoms with Crippen LogP contribution < -0.4 is 16.9 Å². The van der Waals surface area contributed by atoms with Crippen LogP contribution in [0.2, 0.25) is 10.0 Å². The quantitative estimate of drug-likeness (QED) is 0.430. The van der Waals surface area contributed by atoms with Crippen molar-refractivity contribution in [1.29, 1.82) is 0 Å². The van der Waals surface area contributed by atoms with Crippen LogP contribution in [-0.2, 0) is 0 Å². The topological polar surface area (TPSA) is 88.8 Å². The second kappa shape index (κ2) is 5.43. The molecule has 0 heterocycles. The fraction of sp³-hybridized carbons (Fsp3) is 0. The number of aliphatic imine (C=N–C) groups is 1. The third-order valence-electron chi connectivity index (χ3n) is 1.40. The Kier molecular flexibility index (Phi) is 4.20. The summed E-state index contributed by atoms with van der Waals surface area (Å²) in [5.41, 5.74) is 13.4. The summed E-state index contributed by atoms with van der Waals surface area (Å²) in [6.07, 6.45) is 1.17. The maximum atomic E-state index is 5.88. The number of halogens is 2. The molecule has 80 valence electrons. The van der Waals surface area contributed by atoms with E-state index in [2.05, 4.69) is 15.5 Å². The van der Waals surface area contributed by atoms with E-state index in [1.165, 1.54) is 6.34 Å². The maximum Gasteiger partial charge on any atom is 0.192 e. The summed E-state index contributed by atoms with van der Waals surface area (Å²) >= 11 is 11.7. The highest BCUT2D eigenvalue weighted by Gasteiger charge is 2.01. The fourth-order valence-electron chi connectivity index (χ4n) is 0.784. The van der Waals surface area contributed by atoms with Crippen molar-refractivity contribution in [2.75, 3.05) is 5.43 Å². The lowest BCUT2D eigenvalue weighted by molar-refractivity contribution is 1.33. The Morgan fingerprint density at radius 2 is 2.07 bits per heavy atom. The number of nitrogens with one attached hydrogen (secondary N) is 1. The number of hydrogen-bond acceptors (Lipinski definition) is 2. The molecule has 0 radical (unpaired) electrons. The molecule has 0 aliphatic heterocycles. The van der Waals surface area contributed by atoms with E-state index >= 15 is 0 Å². The zero-order chi connectivity index (χ0) is 11.3. The van der Waals surface area contributed by atoms with Gasteiger partial charge in [-0.1, -0.05) is 29.3 Å². The predicted molar refractivity (Wildman–Crippen MR) is 64.4 cm³/mol. The maximum absolute atomic E-state index is 5.88. The van der Waals surface area contributed by atoms with E-state index in [0.717, 1.165) is 0 Å². The van der Waals surface area contributed by atoms with Gasteiger partial charge in [-0.2, -0.15) is 5.10 Å². The van der Waals surface area contributed by atoms with Crippen molar-refractivity contribution in [2.45, 2.75) is 0 Å². The molecule has 5 nitrogen and oxygen atoms in total. The van der Waals surface area contributed by atoms with E-state index in [0.29, 0.717) is 15.7 Å². The standard InChI is InChI=1S/C8H9Cl2N5/c9-5-2-1-3-6(7(5)10)15-14-4-13-8(11)12/h1-4,15H,(H4,11,12,13,14). The second-order valence-electron chi connectivity index (χ2n) is 2.51. The van der Waals surface area contributed by atoms with E-state index < -0.39 is 0 Å². The molecule has 0 saturated heterocycles. The number of benzene rings is 1. The minimum absolute atomic E-state index is 0.0715. The number of hydrogen-bond donors (Lipinski definition) is 3. The Balaban J connectivity index is 2.70. The molecule has 0 aromatic heterocycles. The number of hydrazone groups is 1. The normalized spacial score (nSPS) is 10.3. The van der Waals surface area contributed by atoms with Crippen molar-refractivity contribution in [1.82, 2.24) is 0 Å². The van der Waals surface area contributed by atoms with Gasteiger partial charge in [-0.15, -0.1) is 0 Å². The Labute approximate surface area is 96.8 Å². The van der Waals surface area contributed by atoms with Gasteiger partial charge in [0.2, 0.25) is 0 Å². The fourth-order valence-corrected chi connectivity index (χ4v) is 1.13. The molecule has 1 aromatic rings. The number of guanidine groups is 1. The molecule has 1 aromatic carbocycles. The van der Waals surface area contributed by atoms with Crippen LogP contribution in [0.15, 0.2) is 28.3 Å². The third-order valence-corrected chi connectivity index (χ3v) is 2.22. The van der Waals surface area contributed by atoms with Crippen LogP contribution in [0.1, 0.15) is 0 Å². The van der Waals surface area contributed by atoms with Crippen LogP contribution in [0.4, 0.5) is 5.69 Å². The van der Waals surface area contributed by atoms with E-state index in [-0.39, 0.29) is 5.96 Å². The summed E-state index contributed by atoms with van der Waals surface area (Å²) in [4.78, 5) is 3.53. The molecule has 0 aliphatic carbocycles. The summed E-state index contributed by atoms with van der Waals surface area (Å²) < 4.78 is 0. The van der Waals surface area contributed by atoms with Gasteiger partial charge in [-0.25, -0.2) is 4.99 Å². The lowest BCUT2D eigenvalue weighted by Crippen LogP contribution is -2.22. The van der Waals surface area contributed by atoms with E-state index in [1.807, 2.05) is 0 Å². The molecule has 0 atom stereocenters. The largest absolute Gasteiger partial charge is 0.370 e. The van der Waals surface area contributed by atoms with Gasteiger partial charge in [0.15, 0.2) is 5.96 Å². The van der Waals surface area contributed by atoms with Crippen molar-refractivity contribution in [3.05, 3.63) is 28.2 Å². The minimum atomic E-state index is -0.0715. The number of rotatable bonds is 3. The SMILES string of the molecule is NC(N)=NC=NNc1cccc(Cl)c1Cl. The van der Waals surface area contributed by atoms with Crippen molar-refractivity contribution >= 4 is 41.2 Å². The van der Waals surface area contributed by atoms with Gasteiger partial charge < -0.3 is 11.5 Å². The third kappa shape index (κ3) is 3.65. The molecule has 0 saturated carbocycles. The molecule has 0 bridgehead atoms. The smallest absolute Gasteiger partial charge is 0.192 e. The van der Waals surface area contributed by atoms with Gasteiger partial charge in [0, 0.05) is 0 Å². The zero-order valence-corrected chi connectivity index (χ0v) is 9.13. The first-order chi connectivity index (χ1) is 7.11. The molecular weight excluding hydrogens is 237 g/mol. The molecule has 0 aliphatic rings. The van der Waals surface area contributed by atoms with E-state index in [1.54, 1.807) is 18.2 Å². The van der Waals surface area contributed by atoms with Crippen LogP contribution >= 0.6 is 23.2 Å². The molecule has 0 amide bonds. The zero-order valence-electron chi connectivity index (χ0n) is 7.61. The van der Waals surface area contributed by atoms with Gasteiger partial charge in [-0.05, 0) is 12.1 Å². The van der Waals surface area contributed by atoms with Crippen LogP contribution in [0.25, 0.3) is 0 Å². The highest BCUT2D eigenvalue weighted by molar-refractivity contribution is 6.43. The van der Waals surface area contributed by atoms with E-state index in [4.69, 9.17) is 34.7 Å². The van der Waals surface area contributed by atoms with Crippen molar-refractivity contribution in [3.63, 3.8) is 0 Å². The predicted octanol–water partition coefficient (Wildman–Crippen LogP) is 1.62. The molecule has 0 fully saturated rings. The van der Waals surface area contributed by atoms with Crippen LogP contribution in [0.3, 0.4) is 0 Å². The summed E-state index contributed by atoms with van der Waals surface area (Å²) in [6.45, 7) is 0. The molecular formula is C8H9Cl2N5. The summed E-state index contributed by atoms with van der Waals surface area (Å²) in [5, 5.41) is 4.55. The molecule has 0 unspecified atom stereocenters. The second-order valence-corrected chi connectivity index (χ2v) is 3.30. The molecule has 15 heavy (non-hydrogen) atoms. The Hall–Kier alpha value is -1.46. The molecule has 0 spiro atoms. The summed E-state index contributed by atoms with van der Waals surface area (Å²) in [5.74, 6) is -0.0715. The first-order valence-corrected chi connectivity index (χ1v) is 4.67. The average Bonchev–Trinajstić information content (AvgIpc) is 2.18. The number of anilines is 1. The minimum Gasteiger partial charge on any atom is -0.370 e. The Bertz CT molecular complexity index is 398. The number of nitrogens with two attached hydrogens (primary N) is 2. The first kappa shape index (κ1) is 11.6. The van der Waals surface area contributed by atoms with Crippen LogP contribution in [0.5, 0.6) is 0 Å². The highest BCUT2D eigenvalue weighted by Crippen LogP contribution is 2.29. The first-order valence-electron chi connectivity index (χ1n) is 3.91. The Morgan fingerprint density at radius 3 is 2.73 bits per heavy atom. The highest BCUT2D eigenvalue weighted by atomic mass is 35.5. The van der Waals surface area contributed by atoms with E-state index in [9.17, 15) is 0 Å².